The smallest absolute Gasteiger partial charge is 0.230 e. The Morgan fingerprint density at radius 1 is 1.59 bits per heavy atom. The minimum absolute atomic E-state index is 0.0776. The van der Waals surface area contributed by atoms with Gasteiger partial charge < -0.3 is 15.0 Å². The molecule has 1 aliphatic heterocycles. The number of likely N-dealkylation sites (N-methyl/N-ethyl adjacent to an activating group) is 1. The summed E-state index contributed by atoms with van der Waals surface area (Å²) >= 11 is 0. The predicted molar refractivity (Wildman–Crippen MR) is 62.6 cm³/mol. The molecule has 1 aliphatic rings. The van der Waals surface area contributed by atoms with Crippen LogP contribution < -0.4 is 5.73 Å². The molecule has 6 heteroatoms. The summed E-state index contributed by atoms with van der Waals surface area (Å²) in [7, 11) is 0. The van der Waals surface area contributed by atoms with Crippen molar-refractivity contribution in [3.05, 3.63) is 11.7 Å². The predicted octanol–water partition coefficient (Wildman–Crippen LogP) is 0.525. The number of hydrogen-bond donors (Lipinski definition) is 1. The van der Waals surface area contributed by atoms with E-state index < -0.39 is 0 Å². The molecule has 2 heterocycles. The first kappa shape index (κ1) is 12.5. The topological polar surface area (TPSA) is 77.4 Å². The van der Waals surface area contributed by atoms with E-state index in [0.717, 1.165) is 26.2 Å². The lowest BCUT2D eigenvalue weighted by Gasteiger charge is -2.30. The Hall–Kier alpha value is -0.980. The Labute approximate surface area is 101 Å². The molecular weight excluding hydrogens is 220 g/mol. The molecule has 0 aromatic carbocycles. The summed E-state index contributed by atoms with van der Waals surface area (Å²) in [4.78, 5) is 6.68. The zero-order valence-electron chi connectivity index (χ0n) is 10.4. The third-order valence-electron chi connectivity index (χ3n) is 3.12. The Balaban J connectivity index is 2.04. The van der Waals surface area contributed by atoms with Crippen molar-refractivity contribution in [2.75, 3.05) is 32.8 Å². The van der Waals surface area contributed by atoms with Crippen molar-refractivity contribution in [3.63, 3.8) is 0 Å². The zero-order chi connectivity index (χ0) is 12.3. The van der Waals surface area contributed by atoms with Crippen molar-refractivity contribution in [1.82, 2.24) is 15.0 Å². The molecule has 2 rings (SSSR count). The third kappa shape index (κ3) is 2.83. The summed E-state index contributed by atoms with van der Waals surface area (Å²) in [5.74, 6) is 1.33. The van der Waals surface area contributed by atoms with Crippen molar-refractivity contribution in [2.24, 2.45) is 5.73 Å². The average Bonchev–Trinajstić information content (AvgIpc) is 2.87. The third-order valence-corrected chi connectivity index (χ3v) is 3.12. The summed E-state index contributed by atoms with van der Waals surface area (Å²) in [6.45, 7) is 8.15. The minimum Gasteiger partial charge on any atom is -0.367 e. The van der Waals surface area contributed by atoms with Crippen molar-refractivity contribution < 1.29 is 9.26 Å². The summed E-state index contributed by atoms with van der Waals surface area (Å²) in [6.07, 6.45) is -0.0776. The van der Waals surface area contributed by atoms with Gasteiger partial charge in [0.2, 0.25) is 11.7 Å². The van der Waals surface area contributed by atoms with E-state index in [1.54, 1.807) is 0 Å². The minimum atomic E-state index is -0.0776. The molecular formula is C11H20N4O2. The number of morpholine rings is 1. The van der Waals surface area contributed by atoms with Crippen LogP contribution in [0.5, 0.6) is 0 Å². The largest absolute Gasteiger partial charge is 0.367 e. The maximum atomic E-state index is 5.66. The van der Waals surface area contributed by atoms with Gasteiger partial charge in [-0.3, -0.25) is 4.90 Å². The maximum absolute atomic E-state index is 5.66. The fourth-order valence-corrected chi connectivity index (χ4v) is 1.82. The molecule has 6 nitrogen and oxygen atoms in total. The maximum Gasteiger partial charge on any atom is 0.230 e. The van der Waals surface area contributed by atoms with Crippen molar-refractivity contribution >= 4 is 0 Å². The number of nitrogens with two attached hydrogens (primary N) is 1. The van der Waals surface area contributed by atoms with Gasteiger partial charge in [0.25, 0.3) is 0 Å². The second kappa shape index (κ2) is 5.57. The molecule has 96 valence electrons. The lowest BCUT2D eigenvalue weighted by Crippen LogP contribution is -2.38. The van der Waals surface area contributed by atoms with Gasteiger partial charge in [-0.1, -0.05) is 19.0 Å². The molecule has 2 N–H and O–H groups in total. The molecule has 0 bridgehead atoms. The molecule has 0 radical (unpaired) electrons. The van der Waals surface area contributed by atoms with Crippen LogP contribution in [0.25, 0.3) is 0 Å². The Morgan fingerprint density at radius 3 is 3.12 bits per heavy atom. The Morgan fingerprint density at radius 2 is 2.41 bits per heavy atom. The molecule has 1 fully saturated rings. The van der Waals surface area contributed by atoms with Crippen LogP contribution in [0.15, 0.2) is 4.52 Å². The van der Waals surface area contributed by atoms with Crippen LogP contribution in [-0.4, -0.2) is 47.8 Å². The van der Waals surface area contributed by atoms with Gasteiger partial charge in [-0.25, -0.2) is 0 Å². The molecule has 0 aliphatic carbocycles. The van der Waals surface area contributed by atoms with Crippen LogP contribution in [0.1, 0.15) is 37.6 Å². The fourth-order valence-electron chi connectivity index (χ4n) is 1.82. The van der Waals surface area contributed by atoms with Crippen LogP contribution in [0, 0.1) is 0 Å². The van der Waals surface area contributed by atoms with Crippen molar-refractivity contribution in [3.8, 4) is 0 Å². The van der Waals surface area contributed by atoms with E-state index in [0.29, 0.717) is 18.3 Å². The van der Waals surface area contributed by atoms with E-state index in [2.05, 4.69) is 22.0 Å². The Kier molecular flexibility index (Phi) is 4.09. The van der Waals surface area contributed by atoms with Crippen LogP contribution >= 0.6 is 0 Å². The lowest BCUT2D eigenvalue weighted by molar-refractivity contribution is -0.0334. The molecule has 0 saturated carbocycles. The Bertz CT molecular complexity index is 355. The molecule has 17 heavy (non-hydrogen) atoms. The quantitative estimate of drug-likeness (QED) is 0.827. The summed E-state index contributed by atoms with van der Waals surface area (Å²) < 4.78 is 10.9. The SMILES string of the molecule is CCN1CCOC(c2noc(C(C)CN)n2)C1. The van der Waals surface area contributed by atoms with Gasteiger partial charge in [-0.05, 0) is 6.54 Å². The average molecular weight is 240 g/mol. The fraction of sp³-hybridized carbons (Fsp3) is 0.818. The van der Waals surface area contributed by atoms with Crippen LogP contribution in [-0.2, 0) is 4.74 Å². The number of nitrogens with zero attached hydrogens (tertiary/aromatic N) is 3. The van der Waals surface area contributed by atoms with E-state index in [1.807, 2.05) is 6.92 Å². The highest BCUT2D eigenvalue weighted by atomic mass is 16.5. The van der Waals surface area contributed by atoms with Crippen molar-refractivity contribution in [1.29, 1.82) is 0 Å². The van der Waals surface area contributed by atoms with Gasteiger partial charge in [-0.15, -0.1) is 0 Å². The second-order valence-corrected chi connectivity index (χ2v) is 4.38. The molecule has 1 saturated heterocycles. The highest BCUT2D eigenvalue weighted by molar-refractivity contribution is 4.97. The molecule has 1 aromatic rings. The number of aromatic nitrogens is 2. The molecule has 1 aromatic heterocycles. The standard InChI is InChI=1S/C11H20N4O2/c1-3-15-4-5-16-9(7-15)10-13-11(17-14-10)8(2)6-12/h8-9H,3-7,12H2,1-2H3. The number of ether oxygens (including phenoxy) is 1. The van der Waals surface area contributed by atoms with E-state index in [9.17, 15) is 0 Å². The van der Waals surface area contributed by atoms with Gasteiger partial charge in [0.15, 0.2) is 0 Å². The number of hydrogen-bond acceptors (Lipinski definition) is 6. The first-order valence-corrected chi connectivity index (χ1v) is 6.12. The first-order valence-electron chi connectivity index (χ1n) is 6.12. The van der Waals surface area contributed by atoms with E-state index in [-0.39, 0.29) is 12.0 Å². The summed E-state index contributed by atoms with van der Waals surface area (Å²) in [5.41, 5.74) is 5.57. The van der Waals surface area contributed by atoms with Gasteiger partial charge in [0.1, 0.15) is 6.10 Å². The zero-order valence-corrected chi connectivity index (χ0v) is 10.4. The first-order chi connectivity index (χ1) is 8.24. The molecule has 0 amide bonds. The van der Waals surface area contributed by atoms with E-state index in [4.69, 9.17) is 15.0 Å². The van der Waals surface area contributed by atoms with E-state index >= 15 is 0 Å². The molecule has 2 unspecified atom stereocenters. The van der Waals surface area contributed by atoms with Crippen LogP contribution in [0.4, 0.5) is 0 Å². The number of rotatable bonds is 4. The van der Waals surface area contributed by atoms with Gasteiger partial charge >= 0.3 is 0 Å². The molecule has 0 spiro atoms. The second-order valence-electron chi connectivity index (χ2n) is 4.38. The van der Waals surface area contributed by atoms with Gasteiger partial charge in [-0.2, -0.15) is 4.98 Å². The van der Waals surface area contributed by atoms with Crippen LogP contribution in [0.3, 0.4) is 0 Å². The van der Waals surface area contributed by atoms with Gasteiger partial charge in [0.05, 0.1) is 6.61 Å². The monoisotopic (exact) mass is 240 g/mol. The van der Waals surface area contributed by atoms with Crippen molar-refractivity contribution in [2.45, 2.75) is 25.9 Å². The summed E-state index contributed by atoms with van der Waals surface area (Å²) in [6, 6.07) is 0. The van der Waals surface area contributed by atoms with Gasteiger partial charge in [0, 0.05) is 25.6 Å². The lowest BCUT2D eigenvalue weighted by atomic mass is 10.2. The summed E-state index contributed by atoms with van der Waals surface area (Å²) in [5, 5.41) is 3.98. The highest BCUT2D eigenvalue weighted by Gasteiger charge is 2.26. The molecule has 2 atom stereocenters. The normalized spacial score (nSPS) is 23.8. The van der Waals surface area contributed by atoms with Crippen LogP contribution in [0.2, 0.25) is 0 Å². The van der Waals surface area contributed by atoms with E-state index in [1.165, 1.54) is 0 Å². The highest BCUT2D eigenvalue weighted by Crippen LogP contribution is 2.21.